The normalized spacial score (nSPS) is 19.7. The van der Waals surface area contributed by atoms with Gasteiger partial charge in [0.1, 0.15) is 64.2 Å². The highest BCUT2D eigenvalue weighted by Gasteiger charge is 2.41. The van der Waals surface area contributed by atoms with Crippen molar-refractivity contribution in [2.45, 2.75) is 114 Å². The lowest BCUT2D eigenvalue weighted by molar-refractivity contribution is -0.131. The fourth-order valence-corrected chi connectivity index (χ4v) is 13.2. The van der Waals surface area contributed by atoms with Crippen molar-refractivity contribution < 1.29 is 43.2 Å². The SMILES string of the molecule is CC(C)(C)OC(=O)N1CC[C@@H](n2c(C3CC3)c(-c3ccc(Oc4ccccc4)cc3)c3c(N)ncnc32)C1.CN(C/C=C/C(=O)N1CC[C@@H](n2c(C3CC3)c(-c3ccc(Oc4ccccc4)cc3)c3c(N)ncnc32)C1)[C@H]1CCOC1.CN(C/C=C/C(=O)O)[C@H]1CCOC1. The smallest absolute Gasteiger partial charge is 0.410 e. The summed E-state index contributed by atoms with van der Waals surface area (Å²) >= 11 is 0. The molecule has 21 heteroatoms. The largest absolute Gasteiger partial charge is 0.478 e. The van der Waals surface area contributed by atoms with Crippen LogP contribution in [0.2, 0.25) is 0 Å². The Bertz CT molecular complexity index is 3980. The molecule has 4 aromatic carbocycles. The Hall–Kier alpha value is -9.15. The number of carbonyl (C=O) groups is 3. The van der Waals surface area contributed by atoms with Gasteiger partial charge in [-0.3, -0.25) is 14.6 Å². The number of carboxylic acid groups (broad SMARTS) is 1. The van der Waals surface area contributed by atoms with Crippen molar-refractivity contribution in [2.75, 3.05) is 91.3 Å². The molecule has 492 valence electrons. The number of nitrogen functional groups attached to an aromatic ring is 2. The van der Waals surface area contributed by atoms with E-state index in [0.717, 1.165) is 152 Å². The number of likely N-dealkylation sites (tertiary alicyclic amines) is 2. The summed E-state index contributed by atoms with van der Waals surface area (Å²) in [6.45, 7) is 12.8. The predicted octanol–water partition coefficient (Wildman–Crippen LogP) is 12.3. The van der Waals surface area contributed by atoms with Gasteiger partial charge in [-0.25, -0.2) is 29.5 Å². The van der Waals surface area contributed by atoms with Crippen molar-refractivity contribution in [2.24, 2.45) is 0 Å². The second-order valence-electron chi connectivity index (χ2n) is 26.3. The Labute approximate surface area is 548 Å². The van der Waals surface area contributed by atoms with Crippen LogP contribution in [-0.2, 0) is 23.8 Å². The first-order valence-electron chi connectivity index (χ1n) is 32.9. The van der Waals surface area contributed by atoms with E-state index in [4.69, 9.17) is 50.2 Å². The number of amides is 2. The Morgan fingerprint density at radius 2 is 1.00 bits per heavy atom. The van der Waals surface area contributed by atoms with Crippen LogP contribution in [0.5, 0.6) is 23.0 Å². The maximum absolute atomic E-state index is 13.2. The lowest BCUT2D eigenvalue weighted by Crippen LogP contribution is -2.35. The van der Waals surface area contributed by atoms with Crippen LogP contribution in [0.15, 0.2) is 146 Å². The van der Waals surface area contributed by atoms with Gasteiger partial charge in [0.2, 0.25) is 5.91 Å². The number of aliphatic carboxylic acids is 1. The lowest BCUT2D eigenvalue weighted by Gasteiger charge is -2.25. The van der Waals surface area contributed by atoms with Crippen LogP contribution in [0.1, 0.15) is 107 Å². The molecule has 8 aromatic rings. The number of nitrogens with zero attached hydrogens (tertiary/aromatic N) is 10. The van der Waals surface area contributed by atoms with Gasteiger partial charge in [0.25, 0.3) is 0 Å². The number of aromatic nitrogens is 6. The van der Waals surface area contributed by atoms with Crippen LogP contribution in [-0.4, -0.2) is 169 Å². The zero-order valence-corrected chi connectivity index (χ0v) is 54.4. The van der Waals surface area contributed by atoms with E-state index in [1.54, 1.807) is 23.4 Å². The average molecular weight is 1280 g/mol. The first kappa shape index (κ1) is 64.9. The highest BCUT2D eigenvalue weighted by molar-refractivity contribution is 6.04. The van der Waals surface area contributed by atoms with Crippen molar-refractivity contribution in [1.82, 2.24) is 48.7 Å². The standard InChI is InChI=1S/C34H38N6O3.C30H33N5O3.C9H15NO3/c1-38(26-16-19-42-21-26)17-5-8-29(41)39-18-15-25(20-39)40-32(24-9-10-24)30(31-33(35)36-22-37-34(31)40)23-11-13-28(14-12-23)43-27-6-3-2-4-7-27;1-30(2,3)38-29(36)34-16-15-21(17-34)35-26(20-9-10-20)24(25-27(31)32-18-33-28(25)35)19-11-13-23(14-12-19)37-22-7-5-4-6-8-22;1-10(5-2-3-9(11)12)8-4-6-13-7-8/h2-8,11-14,22,24-26H,9-10,15-21H2,1H3,(H2,35,36,37);4-8,11-14,18,20-21H,9-10,15-17H2,1-3H3,(H2,31,32,33);2-3,8H,4-7H2,1H3,(H,11,12)/b8-5+;;3-2+/t25-,26+;21-;8-/m110/s1. The van der Waals surface area contributed by atoms with E-state index < -0.39 is 11.6 Å². The van der Waals surface area contributed by atoms with Gasteiger partial charge in [-0.15, -0.1) is 0 Å². The molecular weight excluding hydrogens is 1190 g/mol. The Balaban J connectivity index is 0.000000153. The number of carboxylic acids is 1. The number of fused-ring (bicyclic) bond motifs is 2. The maximum atomic E-state index is 13.2. The van der Waals surface area contributed by atoms with Crippen molar-refractivity contribution in [3.63, 3.8) is 0 Å². The molecule has 0 unspecified atom stereocenters. The number of hydrogen-bond acceptors (Lipinski definition) is 16. The quantitative estimate of drug-likeness (QED) is 0.0676. The van der Waals surface area contributed by atoms with Gasteiger partial charge in [-0.05, 0) is 158 Å². The third-order valence-electron chi connectivity index (χ3n) is 18.3. The summed E-state index contributed by atoms with van der Waals surface area (Å²) in [6.07, 6.45) is 17.6. The van der Waals surface area contributed by atoms with E-state index in [1.807, 2.05) is 124 Å². The third-order valence-corrected chi connectivity index (χ3v) is 18.3. The Kier molecular flexibility index (Phi) is 20.0. The van der Waals surface area contributed by atoms with Crippen LogP contribution in [0.25, 0.3) is 44.3 Å². The van der Waals surface area contributed by atoms with Crippen LogP contribution in [0, 0.1) is 0 Å². The summed E-state index contributed by atoms with van der Waals surface area (Å²) in [5, 5.41) is 10.1. The highest BCUT2D eigenvalue weighted by Crippen LogP contribution is 2.53. The summed E-state index contributed by atoms with van der Waals surface area (Å²) in [4.78, 5) is 62.5. The topological polar surface area (TPSA) is 244 Å². The van der Waals surface area contributed by atoms with E-state index >= 15 is 0 Å². The molecule has 6 fully saturated rings. The molecule has 14 rings (SSSR count). The van der Waals surface area contributed by atoms with Crippen LogP contribution in [0.3, 0.4) is 0 Å². The number of anilines is 2. The first-order chi connectivity index (χ1) is 45.5. The molecule has 21 nitrogen and oxygen atoms in total. The van der Waals surface area contributed by atoms with E-state index in [0.29, 0.717) is 68.3 Å². The van der Waals surface area contributed by atoms with E-state index in [2.05, 4.69) is 60.2 Å². The van der Waals surface area contributed by atoms with Gasteiger partial charge in [0.15, 0.2) is 0 Å². The number of carbonyl (C=O) groups excluding carboxylic acids is 2. The lowest BCUT2D eigenvalue weighted by atomic mass is 10.0. The average Bonchev–Trinajstić information content (AvgIpc) is 1.58. The van der Waals surface area contributed by atoms with E-state index in [-0.39, 0.29) is 24.1 Å². The van der Waals surface area contributed by atoms with Crippen molar-refractivity contribution in [3.8, 4) is 45.3 Å². The minimum Gasteiger partial charge on any atom is -0.478 e. The molecule has 94 heavy (non-hydrogen) atoms. The molecule has 4 atom stereocenters. The first-order valence-corrected chi connectivity index (χ1v) is 32.9. The molecule has 4 aromatic heterocycles. The number of likely N-dealkylation sites (N-methyl/N-ethyl adjacent to an activating group) is 2. The number of benzene rings is 4. The zero-order valence-electron chi connectivity index (χ0n) is 54.4. The van der Waals surface area contributed by atoms with Gasteiger partial charge >= 0.3 is 12.1 Å². The van der Waals surface area contributed by atoms with Gasteiger partial charge in [-0.1, -0.05) is 72.8 Å². The monoisotopic (exact) mass is 1270 g/mol. The fourth-order valence-electron chi connectivity index (χ4n) is 13.2. The van der Waals surface area contributed by atoms with Crippen molar-refractivity contribution in [1.29, 1.82) is 0 Å². The molecule has 2 saturated carbocycles. The second-order valence-corrected chi connectivity index (χ2v) is 26.3. The third kappa shape index (κ3) is 15.4. The molecule has 0 bridgehead atoms. The van der Waals surface area contributed by atoms with Crippen LogP contribution in [0.4, 0.5) is 16.4 Å². The van der Waals surface area contributed by atoms with Gasteiger partial charge in [0, 0.05) is 99.2 Å². The second kappa shape index (κ2) is 29.0. The Morgan fingerprint density at radius 3 is 1.41 bits per heavy atom. The van der Waals surface area contributed by atoms with Crippen LogP contribution < -0.4 is 20.9 Å². The maximum Gasteiger partial charge on any atom is 0.410 e. The van der Waals surface area contributed by atoms with Crippen molar-refractivity contribution >= 4 is 51.7 Å². The summed E-state index contributed by atoms with van der Waals surface area (Å²) in [6, 6.07) is 37.0. The fraction of sp³-hybridized carbons (Fsp3) is 0.411. The molecule has 6 aliphatic rings. The van der Waals surface area contributed by atoms with Gasteiger partial charge < -0.3 is 59.2 Å². The van der Waals surface area contributed by atoms with Crippen LogP contribution >= 0.6 is 0 Å². The number of ether oxygens (including phenoxy) is 5. The molecule has 5 N–H and O–H groups in total. The summed E-state index contributed by atoms with van der Waals surface area (Å²) in [5.41, 5.74) is 21.0. The Morgan fingerprint density at radius 1 is 0.574 bits per heavy atom. The summed E-state index contributed by atoms with van der Waals surface area (Å²) < 4.78 is 33.2. The predicted molar refractivity (Wildman–Crippen MR) is 363 cm³/mol. The minimum atomic E-state index is -0.893. The molecule has 2 aliphatic carbocycles. The summed E-state index contributed by atoms with van der Waals surface area (Å²) in [5.74, 6) is 4.12. The van der Waals surface area contributed by atoms with E-state index in [9.17, 15) is 14.4 Å². The summed E-state index contributed by atoms with van der Waals surface area (Å²) in [7, 11) is 4.07. The van der Waals surface area contributed by atoms with Gasteiger partial charge in [0.05, 0.1) is 36.1 Å². The highest BCUT2D eigenvalue weighted by atomic mass is 16.6. The number of rotatable bonds is 18. The molecule has 4 aliphatic heterocycles. The number of nitrogens with two attached hydrogens (primary N) is 2. The van der Waals surface area contributed by atoms with Crippen molar-refractivity contribution in [3.05, 3.63) is 158 Å². The van der Waals surface area contributed by atoms with Gasteiger partial charge in [-0.2, -0.15) is 0 Å². The molecule has 8 heterocycles. The zero-order chi connectivity index (χ0) is 65.5. The molecule has 0 spiro atoms. The minimum absolute atomic E-state index is 0.0615. The number of hydrogen-bond donors (Lipinski definition) is 3. The number of para-hydroxylation sites is 2. The molecular formula is C73H86N12O9. The van der Waals surface area contributed by atoms with E-state index in [1.165, 1.54) is 23.8 Å². The molecule has 2 amide bonds. The molecule has 4 saturated heterocycles. The molecule has 0 radical (unpaired) electrons.